The van der Waals surface area contributed by atoms with Crippen LogP contribution in [0.25, 0.3) is 0 Å². The number of carbonyl (C=O) groups excluding carboxylic acids is 1. The Morgan fingerprint density at radius 1 is 1.06 bits per heavy atom. The van der Waals surface area contributed by atoms with E-state index in [9.17, 15) is 4.79 Å². The summed E-state index contributed by atoms with van der Waals surface area (Å²) in [6.45, 7) is 6.87. The molecule has 32 heavy (non-hydrogen) atoms. The molecule has 3 rings (SSSR count). The fourth-order valence-electron chi connectivity index (χ4n) is 2.94. The number of halogens is 1. The highest BCUT2D eigenvalue weighted by molar-refractivity contribution is 7.13. The SMILES string of the molecule is CCOCCOCc1cccc(CNC(=O)c2sc(COc3ccc(Cl)cc3)nc2C)c1. The fraction of sp³-hybridized carbons (Fsp3) is 0.333. The molecule has 1 aromatic heterocycles. The number of thiazole rings is 1. The third kappa shape index (κ3) is 7.60. The molecule has 170 valence electrons. The molecule has 2 aromatic carbocycles. The zero-order chi connectivity index (χ0) is 22.8. The number of nitrogens with one attached hydrogen (secondary N) is 1. The minimum Gasteiger partial charge on any atom is -0.486 e. The molecule has 0 aliphatic carbocycles. The van der Waals surface area contributed by atoms with E-state index >= 15 is 0 Å². The summed E-state index contributed by atoms with van der Waals surface area (Å²) in [4.78, 5) is 17.7. The van der Waals surface area contributed by atoms with Crippen molar-refractivity contribution in [2.45, 2.75) is 33.6 Å². The number of ether oxygens (including phenoxy) is 3. The van der Waals surface area contributed by atoms with Crippen LogP contribution in [0.15, 0.2) is 48.5 Å². The van der Waals surface area contributed by atoms with Crippen molar-refractivity contribution in [1.29, 1.82) is 0 Å². The summed E-state index contributed by atoms with van der Waals surface area (Å²) in [6.07, 6.45) is 0. The second kappa shape index (κ2) is 12.6. The maximum atomic E-state index is 12.7. The third-order valence-electron chi connectivity index (χ3n) is 4.51. The van der Waals surface area contributed by atoms with Gasteiger partial charge in [0.2, 0.25) is 0 Å². The van der Waals surface area contributed by atoms with Crippen molar-refractivity contribution >= 4 is 28.8 Å². The smallest absolute Gasteiger partial charge is 0.263 e. The number of aryl methyl sites for hydroxylation is 1. The Hall–Kier alpha value is -2.45. The van der Waals surface area contributed by atoms with E-state index in [-0.39, 0.29) is 5.91 Å². The van der Waals surface area contributed by atoms with Gasteiger partial charge in [-0.15, -0.1) is 11.3 Å². The Labute approximate surface area is 197 Å². The number of carbonyl (C=O) groups is 1. The van der Waals surface area contributed by atoms with E-state index in [1.54, 1.807) is 24.3 Å². The average molecular weight is 475 g/mol. The van der Waals surface area contributed by atoms with Crippen LogP contribution in [0, 0.1) is 6.92 Å². The van der Waals surface area contributed by atoms with Crippen molar-refractivity contribution in [3.8, 4) is 5.75 Å². The molecule has 0 bridgehead atoms. The summed E-state index contributed by atoms with van der Waals surface area (Å²) in [7, 11) is 0. The van der Waals surface area contributed by atoms with Crippen molar-refractivity contribution in [1.82, 2.24) is 10.3 Å². The minimum absolute atomic E-state index is 0.142. The first-order valence-corrected chi connectivity index (χ1v) is 11.6. The maximum Gasteiger partial charge on any atom is 0.263 e. The topological polar surface area (TPSA) is 69.7 Å². The first-order valence-electron chi connectivity index (χ1n) is 10.4. The molecule has 0 atom stereocenters. The quantitative estimate of drug-likeness (QED) is 0.367. The molecule has 0 saturated heterocycles. The minimum atomic E-state index is -0.142. The van der Waals surface area contributed by atoms with Gasteiger partial charge in [-0.1, -0.05) is 35.9 Å². The Morgan fingerprint density at radius 2 is 1.81 bits per heavy atom. The molecule has 0 aliphatic rings. The van der Waals surface area contributed by atoms with E-state index in [4.69, 9.17) is 25.8 Å². The Kier molecular flexibility index (Phi) is 9.49. The molecule has 1 heterocycles. The van der Waals surface area contributed by atoms with Crippen molar-refractivity contribution in [3.63, 3.8) is 0 Å². The van der Waals surface area contributed by atoms with Gasteiger partial charge in [-0.05, 0) is 49.2 Å². The average Bonchev–Trinajstić information content (AvgIpc) is 3.18. The van der Waals surface area contributed by atoms with Gasteiger partial charge in [0.25, 0.3) is 5.91 Å². The Bertz CT molecular complexity index is 1010. The molecule has 1 N–H and O–H groups in total. The van der Waals surface area contributed by atoms with Crippen LogP contribution in [-0.2, 0) is 29.2 Å². The lowest BCUT2D eigenvalue weighted by molar-refractivity contribution is 0.0453. The van der Waals surface area contributed by atoms with Gasteiger partial charge in [0.1, 0.15) is 22.2 Å². The fourth-order valence-corrected chi connectivity index (χ4v) is 3.97. The molecular weight excluding hydrogens is 448 g/mol. The van der Waals surface area contributed by atoms with Gasteiger partial charge < -0.3 is 19.5 Å². The molecular formula is C24H27ClN2O4S. The number of amides is 1. The van der Waals surface area contributed by atoms with E-state index in [1.165, 1.54) is 11.3 Å². The zero-order valence-corrected chi connectivity index (χ0v) is 19.8. The second-order valence-electron chi connectivity index (χ2n) is 7.02. The summed E-state index contributed by atoms with van der Waals surface area (Å²) in [5, 5.41) is 4.37. The summed E-state index contributed by atoms with van der Waals surface area (Å²) in [6, 6.07) is 15.1. The predicted molar refractivity (Wildman–Crippen MR) is 126 cm³/mol. The number of hydrogen-bond donors (Lipinski definition) is 1. The van der Waals surface area contributed by atoms with E-state index in [2.05, 4.69) is 10.3 Å². The molecule has 0 fully saturated rings. The monoisotopic (exact) mass is 474 g/mol. The van der Waals surface area contributed by atoms with Crippen LogP contribution in [-0.4, -0.2) is 30.7 Å². The van der Waals surface area contributed by atoms with Crippen LogP contribution in [0.3, 0.4) is 0 Å². The van der Waals surface area contributed by atoms with Crippen molar-refractivity contribution in [3.05, 3.63) is 80.3 Å². The second-order valence-corrected chi connectivity index (χ2v) is 8.54. The van der Waals surface area contributed by atoms with Crippen LogP contribution in [0.2, 0.25) is 5.02 Å². The van der Waals surface area contributed by atoms with Gasteiger partial charge in [0.05, 0.1) is 25.5 Å². The van der Waals surface area contributed by atoms with Gasteiger partial charge in [-0.25, -0.2) is 4.98 Å². The summed E-state index contributed by atoms with van der Waals surface area (Å²) in [5.41, 5.74) is 2.76. The zero-order valence-electron chi connectivity index (χ0n) is 18.2. The lowest BCUT2D eigenvalue weighted by Crippen LogP contribution is -2.22. The molecule has 0 radical (unpaired) electrons. The lowest BCUT2D eigenvalue weighted by atomic mass is 10.1. The van der Waals surface area contributed by atoms with Gasteiger partial charge in [0.15, 0.2) is 0 Å². The summed E-state index contributed by atoms with van der Waals surface area (Å²) < 4.78 is 16.6. The summed E-state index contributed by atoms with van der Waals surface area (Å²) in [5.74, 6) is 0.561. The maximum absolute atomic E-state index is 12.7. The first kappa shape index (κ1) is 24.2. The number of benzene rings is 2. The normalized spacial score (nSPS) is 10.8. The Balaban J connectivity index is 1.49. The largest absolute Gasteiger partial charge is 0.486 e. The highest BCUT2D eigenvalue weighted by Crippen LogP contribution is 2.21. The van der Waals surface area contributed by atoms with E-state index in [1.807, 2.05) is 38.1 Å². The van der Waals surface area contributed by atoms with E-state index < -0.39 is 0 Å². The van der Waals surface area contributed by atoms with Crippen LogP contribution in [0.5, 0.6) is 5.75 Å². The van der Waals surface area contributed by atoms with Crippen LogP contribution >= 0.6 is 22.9 Å². The van der Waals surface area contributed by atoms with E-state index in [0.717, 1.165) is 16.1 Å². The number of nitrogens with zero attached hydrogens (tertiary/aromatic N) is 1. The highest BCUT2D eigenvalue weighted by Gasteiger charge is 2.15. The van der Waals surface area contributed by atoms with E-state index in [0.29, 0.717) is 60.9 Å². The predicted octanol–water partition coefficient (Wildman–Crippen LogP) is 5.17. The molecule has 0 unspecified atom stereocenters. The van der Waals surface area contributed by atoms with Crippen molar-refractivity contribution < 1.29 is 19.0 Å². The van der Waals surface area contributed by atoms with Gasteiger partial charge >= 0.3 is 0 Å². The molecule has 0 aliphatic heterocycles. The molecule has 8 heteroatoms. The van der Waals surface area contributed by atoms with Crippen molar-refractivity contribution in [2.24, 2.45) is 0 Å². The number of hydrogen-bond acceptors (Lipinski definition) is 6. The molecule has 3 aromatic rings. The Morgan fingerprint density at radius 3 is 2.59 bits per heavy atom. The van der Waals surface area contributed by atoms with Gasteiger partial charge in [-0.2, -0.15) is 0 Å². The van der Waals surface area contributed by atoms with Crippen LogP contribution < -0.4 is 10.1 Å². The van der Waals surface area contributed by atoms with Gasteiger partial charge in [0, 0.05) is 18.2 Å². The third-order valence-corrected chi connectivity index (χ3v) is 5.89. The molecule has 0 saturated carbocycles. The first-order chi connectivity index (χ1) is 15.5. The molecule has 1 amide bonds. The van der Waals surface area contributed by atoms with Gasteiger partial charge in [-0.3, -0.25) is 4.79 Å². The highest BCUT2D eigenvalue weighted by atomic mass is 35.5. The van der Waals surface area contributed by atoms with Crippen LogP contribution in [0.4, 0.5) is 0 Å². The van der Waals surface area contributed by atoms with Crippen LogP contribution in [0.1, 0.15) is 38.4 Å². The van der Waals surface area contributed by atoms with Crippen molar-refractivity contribution in [2.75, 3.05) is 19.8 Å². The number of aromatic nitrogens is 1. The number of rotatable bonds is 12. The standard InChI is InChI=1S/C24H27ClN2O4S/c1-3-29-11-12-30-15-19-6-4-5-18(13-19)14-26-24(28)23-17(2)27-22(32-23)16-31-21-9-7-20(25)8-10-21/h4-10,13H,3,11-12,14-16H2,1-2H3,(H,26,28). The molecule has 0 spiro atoms. The molecule has 6 nitrogen and oxygen atoms in total. The summed E-state index contributed by atoms with van der Waals surface area (Å²) >= 11 is 7.23. The lowest BCUT2D eigenvalue weighted by Gasteiger charge is -2.08.